The van der Waals surface area contributed by atoms with E-state index >= 15 is 0 Å². The Bertz CT molecular complexity index is 863. The molecule has 2 saturated heterocycles. The van der Waals surface area contributed by atoms with Crippen LogP contribution in [0.3, 0.4) is 0 Å². The number of nitrogens with zero attached hydrogens (tertiary/aromatic N) is 1. The summed E-state index contributed by atoms with van der Waals surface area (Å²) in [5, 5.41) is 3.10. The number of anilines is 1. The van der Waals surface area contributed by atoms with Crippen molar-refractivity contribution in [3.05, 3.63) is 66.0 Å². The van der Waals surface area contributed by atoms with Gasteiger partial charge in [-0.3, -0.25) is 9.59 Å². The maximum absolute atomic E-state index is 13.2. The molecule has 2 aromatic carbocycles. The highest BCUT2D eigenvalue weighted by atomic mass is 19.1. The van der Waals surface area contributed by atoms with Crippen molar-refractivity contribution < 1.29 is 18.7 Å². The topological polar surface area (TPSA) is 58.6 Å². The Kier molecular flexibility index (Phi) is 5.62. The first-order valence-corrected chi connectivity index (χ1v) is 10.0. The van der Waals surface area contributed by atoms with E-state index in [0.717, 1.165) is 12.8 Å². The van der Waals surface area contributed by atoms with E-state index < -0.39 is 5.92 Å². The highest BCUT2D eigenvalue weighted by Gasteiger charge is 2.38. The predicted molar refractivity (Wildman–Crippen MR) is 108 cm³/mol. The summed E-state index contributed by atoms with van der Waals surface area (Å²) >= 11 is 0. The summed E-state index contributed by atoms with van der Waals surface area (Å²) in [6.07, 6.45) is 1.87. The van der Waals surface area contributed by atoms with Crippen LogP contribution in [0.25, 0.3) is 0 Å². The maximum atomic E-state index is 13.2. The first kappa shape index (κ1) is 19.6. The zero-order valence-electron chi connectivity index (χ0n) is 16.3. The number of rotatable bonds is 5. The van der Waals surface area contributed by atoms with Crippen LogP contribution in [0.5, 0.6) is 0 Å². The van der Waals surface area contributed by atoms with Gasteiger partial charge in [0.1, 0.15) is 5.82 Å². The molecule has 0 saturated carbocycles. The average Bonchev–Trinajstić information content (AvgIpc) is 3.15. The Morgan fingerprint density at radius 2 is 1.79 bits per heavy atom. The van der Waals surface area contributed by atoms with E-state index in [9.17, 15) is 14.0 Å². The number of carbonyl (C=O) groups is 2. The molecule has 1 atom stereocenters. The summed E-state index contributed by atoms with van der Waals surface area (Å²) < 4.78 is 18.7. The highest BCUT2D eigenvalue weighted by Crippen LogP contribution is 2.34. The fourth-order valence-corrected chi connectivity index (χ4v) is 4.28. The molecule has 2 aliphatic heterocycles. The largest absolute Gasteiger partial charge is 0.381 e. The van der Waals surface area contributed by atoms with Gasteiger partial charge >= 0.3 is 0 Å². The van der Waals surface area contributed by atoms with Crippen LogP contribution in [0, 0.1) is 11.7 Å². The zero-order valence-corrected chi connectivity index (χ0v) is 16.3. The van der Waals surface area contributed by atoms with Gasteiger partial charge in [-0.2, -0.15) is 0 Å². The monoisotopic (exact) mass is 396 g/mol. The molecule has 0 bridgehead atoms. The van der Waals surface area contributed by atoms with Crippen LogP contribution in [0.1, 0.15) is 24.8 Å². The Morgan fingerprint density at radius 1 is 1.10 bits per heavy atom. The van der Waals surface area contributed by atoms with Crippen molar-refractivity contribution in [1.29, 1.82) is 0 Å². The van der Waals surface area contributed by atoms with Crippen molar-refractivity contribution in [1.82, 2.24) is 5.32 Å². The van der Waals surface area contributed by atoms with Crippen LogP contribution < -0.4 is 10.2 Å². The van der Waals surface area contributed by atoms with E-state index in [1.165, 1.54) is 17.7 Å². The SMILES string of the molecule is O=C(NCC1(c2ccccc2)CCOCC1)[C@H]1CC(=O)N(c2ccc(F)cc2)C1. The number of nitrogens with one attached hydrogen (secondary N) is 1. The quantitative estimate of drug-likeness (QED) is 0.845. The van der Waals surface area contributed by atoms with E-state index in [0.29, 0.717) is 32.0 Å². The molecule has 0 aromatic heterocycles. The van der Waals surface area contributed by atoms with Crippen LogP contribution in [0.4, 0.5) is 10.1 Å². The number of hydrogen-bond donors (Lipinski definition) is 1. The van der Waals surface area contributed by atoms with Crippen molar-refractivity contribution in [2.75, 3.05) is 31.2 Å². The average molecular weight is 396 g/mol. The van der Waals surface area contributed by atoms with Gasteiger partial charge in [-0.25, -0.2) is 4.39 Å². The molecule has 0 unspecified atom stereocenters. The molecule has 5 nitrogen and oxygen atoms in total. The lowest BCUT2D eigenvalue weighted by Gasteiger charge is -2.38. The van der Waals surface area contributed by atoms with Gasteiger partial charge in [0.2, 0.25) is 11.8 Å². The van der Waals surface area contributed by atoms with Gasteiger partial charge in [-0.15, -0.1) is 0 Å². The van der Waals surface area contributed by atoms with Crippen LogP contribution in [0.15, 0.2) is 54.6 Å². The molecule has 0 radical (unpaired) electrons. The fourth-order valence-electron chi connectivity index (χ4n) is 4.28. The van der Waals surface area contributed by atoms with Gasteiger partial charge in [-0.1, -0.05) is 30.3 Å². The number of amides is 2. The van der Waals surface area contributed by atoms with E-state index in [1.54, 1.807) is 17.0 Å². The van der Waals surface area contributed by atoms with Gasteiger partial charge in [0.15, 0.2) is 0 Å². The van der Waals surface area contributed by atoms with Gasteiger partial charge < -0.3 is 15.0 Å². The predicted octanol–water partition coefficient (Wildman–Crippen LogP) is 3.04. The molecule has 1 N–H and O–H groups in total. The minimum atomic E-state index is -0.403. The summed E-state index contributed by atoms with van der Waals surface area (Å²) in [6.45, 7) is 2.19. The van der Waals surface area contributed by atoms with Crippen molar-refractivity contribution in [2.24, 2.45) is 5.92 Å². The molecule has 2 aromatic rings. The molecule has 2 aliphatic rings. The number of benzene rings is 2. The van der Waals surface area contributed by atoms with Crippen molar-refractivity contribution >= 4 is 17.5 Å². The summed E-state index contributed by atoms with van der Waals surface area (Å²) in [4.78, 5) is 26.8. The molecule has 0 aliphatic carbocycles. The molecule has 29 heavy (non-hydrogen) atoms. The second kappa shape index (κ2) is 8.33. The summed E-state index contributed by atoms with van der Waals surface area (Å²) in [5.41, 5.74) is 1.69. The Balaban J connectivity index is 1.42. The van der Waals surface area contributed by atoms with Crippen molar-refractivity contribution in [2.45, 2.75) is 24.7 Å². The smallest absolute Gasteiger partial charge is 0.227 e. The molecule has 4 rings (SSSR count). The molecule has 152 valence electrons. The standard InChI is InChI=1S/C23H25FN2O3/c24-19-6-8-20(9-7-19)26-15-17(14-21(26)27)22(28)25-16-23(10-12-29-13-11-23)18-4-2-1-3-5-18/h1-9,17H,10-16H2,(H,25,28)/t17-/m0/s1. The molecule has 6 heteroatoms. The lowest BCUT2D eigenvalue weighted by atomic mass is 9.74. The Morgan fingerprint density at radius 3 is 2.48 bits per heavy atom. The summed E-state index contributed by atoms with van der Waals surface area (Å²) in [5.74, 6) is -0.970. The molecule has 0 spiro atoms. The Hall–Kier alpha value is -2.73. The molecular weight excluding hydrogens is 371 g/mol. The third kappa shape index (κ3) is 4.17. The molecular formula is C23H25FN2O3. The number of halogens is 1. The van der Waals surface area contributed by atoms with Gasteiger partial charge in [0.25, 0.3) is 0 Å². The fraction of sp³-hybridized carbons (Fsp3) is 0.391. The van der Waals surface area contributed by atoms with Gasteiger partial charge in [0.05, 0.1) is 5.92 Å². The first-order chi connectivity index (χ1) is 14.1. The third-order valence-electron chi connectivity index (χ3n) is 6.07. The van der Waals surface area contributed by atoms with Crippen LogP contribution in [-0.4, -0.2) is 38.1 Å². The van der Waals surface area contributed by atoms with Crippen LogP contribution in [-0.2, 0) is 19.7 Å². The minimum Gasteiger partial charge on any atom is -0.381 e. The lowest BCUT2D eigenvalue weighted by molar-refractivity contribution is -0.126. The number of carbonyl (C=O) groups excluding carboxylic acids is 2. The van der Waals surface area contributed by atoms with E-state index in [2.05, 4.69) is 17.4 Å². The third-order valence-corrected chi connectivity index (χ3v) is 6.07. The summed E-state index contributed by atoms with van der Waals surface area (Å²) in [7, 11) is 0. The van der Waals surface area contributed by atoms with Crippen molar-refractivity contribution in [3.63, 3.8) is 0 Å². The normalized spacial score (nSPS) is 21.2. The molecule has 2 fully saturated rings. The first-order valence-electron chi connectivity index (χ1n) is 10.0. The second-order valence-corrected chi connectivity index (χ2v) is 7.86. The lowest BCUT2D eigenvalue weighted by Crippen LogP contribution is -2.46. The van der Waals surface area contributed by atoms with E-state index in [-0.39, 0.29) is 29.5 Å². The molecule has 2 amide bonds. The highest BCUT2D eigenvalue weighted by molar-refractivity contribution is 6.00. The van der Waals surface area contributed by atoms with Crippen LogP contribution in [0.2, 0.25) is 0 Å². The Labute approximate surface area is 169 Å². The number of hydrogen-bond acceptors (Lipinski definition) is 3. The second-order valence-electron chi connectivity index (χ2n) is 7.86. The minimum absolute atomic E-state index is 0.107. The zero-order chi connectivity index (χ0) is 20.3. The maximum Gasteiger partial charge on any atom is 0.227 e. The van der Waals surface area contributed by atoms with Crippen molar-refractivity contribution in [3.8, 4) is 0 Å². The van der Waals surface area contributed by atoms with Gasteiger partial charge in [-0.05, 0) is 42.7 Å². The van der Waals surface area contributed by atoms with E-state index in [1.807, 2.05) is 18.2 Å². The molecule has 2 heterocycles. The summed E-state index contributed by atoms with van der Waals surface area (Å²) in [6, 6.07) is 16.0. The van der Waals surface area contributed by atoms with E-state index in [4.69, 9.17) is 4.74 Å². The van der Waals surface area contributed by atoms with Gasteiger partial charge in [0, 0.05) is 43.8 Å². The van der Waals surface area contributed by atoms with Crippen LogP contribution >= 0.6 is 0 Å². The number of ether oxygens (including phenoxy) is 1.